The van der Waals surface area contributed by atoms with Crippen molar-refractivity contribution >= 4 is 11.5 Å². The first-order chi connectivity index (χ1) is 8.04. The van der Waals surface area contributed by atoms with E-state index in [0.29, 0.717) is 12.0 Å². The number of carbonyl (C=O) groups is 1. The minimum atomic E-state index is -0.361. The third-order valence-electron chi connectivity index (χ3n) is 3.62. The Kier molecular flexibility index (Phi) is 2.96. The lowest BCUT2D eigenvalue weighted by molar-refractivity contribution is -0.385. The van der Waals surface area contributed by atoms with Gasteiger partial charge in [0, 0.05) is 29.9 Å². The van der Waals surface area contributed by atoms with Gasteiger partial charge in [0.2, 0.25) is 0 Å². The molecule has 0 N–H and O–H groups in total. The van der Waals surface area contributed by atoms with Crippen molar-refractivity contribution in [3.63, 3.8) is 0 Å². The molecule has 0 heterocycles. The SMILES string of the molecule is CCC1C(=O)CC1c1ccc(C)c([N+](=O)[O-])c1. The van der Waals surface area contributed by atoms with Crippen molar-refractivity contribution in [2.24, 2.45) is 5.92 Å². The molecule has 0 radical (unpaired) electrons. The Balaban J connectivity index is 2.31. The van der Waals surface area contributed by atoms with E-state index in [4.69, 9.17) is 0 Å². The van der Waals surface area contributed by atoms with E-state index in [2.05, 4.69) is 0 Å². The predicted molar refractivity (Wildman–Crippen MR) is 64.0 cm³/mol. The minimum Gasteiger partial charge on any atom is -0.299 e. The smallest absolute Gasteiger partial charge is 0.272 e. The molecule has 4 nitrogen and oxygen atoms in total. The van der Waals surface area contributed by atoms with Gasteiger partial charge in [-0.1, -0.05) is 19.1 Å². The van der Waals surface area contributed by atoms with E-state index in [9.17, 15) is 14.9 Å². The quantitative estimate of drug-likeness (QED) is 0.595. The van der Waals surface area contributed by atoms with Crippen molar-refractivity contribution in [1.82, 2.24) is 0 Å². The van der Waals surface area contributed by atoms with Gasteiger partial charge in [0.05, 0.1) is 4.92 Å². The number of benzene rings is 1. The van der Waals surface area contributed by atoms with Crippen LogP contribution in [0.2, 0.25) is 0 Å². The third-order valence-corrected chi connectivity index (χ3v) is 3.62. The molecule has 17 heavy (non-hydrogen) atoms. The van der Waals surface area contributed by atoms with E-state index in [0.717, 1.165) is 12.0 Å². The van der Waals surface area contributed by atoms with E-state index in [1.54, 1.807) is 19.1 Å². The van der Waals surface area contributed by atoms with Crippen molar-refractivity contribution < 1.29 is 9.72 Å². The van der Waals surface area contributed by atoms with Crippen LogP contribution in [-0.4, -0.2) is 10.7 Å². The summed E-state index contributed by atoms with van der Waals surface area (Å²) < 4.78 is 0. The number of nitro benzene ring substituents is 1. The molecular formula is C13H15NO3. The van der Waals surface area contributed by atoms with Crippen molar-refractivity contribution in [2.75, 3.05) is 0 Å². The molecule has 2 atom stereocenters. The Morgan fingerprint density at radius 3 is 2.71 bits per heavy atom. The summed E-state index contributed by atoms with van der Waals surface area (Å²) in [4.78, 5) is 21.9. The number of hydrogen-bond donors (Lipinski definition) is 0. The van der Waals surface area contributed by atoms with E-state index >= 15 is 0 Å². The molecule has 1 fully saturated rings. The Labute approximate surface area is 99.8 Å². The van der Waals surface area contributed by atoms with Crippen molar-refractivity contribution in [1.29, 1.82) is 0 Å². The summed E-state index contributed by atoms with van der Waals surface area (Å²) in [6.07, 6.45) is 1.34. The molecule has 0 aliphatic heterocycles. The van der Waals surface area contributed by atoms with E-state index in [-0.39, 0.29) is 28.2 Å². The number of Topliss-reactive ketones (excluding diaryl/α,β-unsaturated/α-hetero) is 1. The topological polar surface area (TPSA) is 60.2 Å². The van der Waals surface area contributed by atoms with Crippen molar-refractivity contribution in [3.05, 3.63) is 39.4 Å². The van der Waals surface area contributed by atoms with Crippen molar-refractivity contribution in [3.8, 4) is 0 Å². The number of nitro groups is 1. The van der Waals surface area contributed by atoms with Gasteiger partial charge in [0.15, 0.2) is 0 Å². The number of ketones is 1. The molecule has 0 aromatic heterocycles. The Morgan fingerprint density at radius 2 is 2.18 bits per heavy atom. The van der Waals surface area contributed by atoms with Gasteiger partial charge in [-0.05, 0) is 18.9 Å². The molecule has 1 aromatic carbocycles. The lowest BCUT2D eigenvalue weighted by atomic mass is 9.67. The normalized spacial score (nSPS) is 23.3. The van der Waals surface area contributed by atoms with Gasteiger partial charge >= 0.3 is 0 Å². The second kappa shape index (κ2) is 4.28. The molecule has 0 bridgehead atoms. The summed E-state index contributed by atoms with van der Waals surface area (Å²) in [6, 6.07) is 5.29. The minimum absolute atomic E-state index is 0.0531. The first-order valence-electron chi connectivity index (χ1n) is 5.82. The highest BCUT2D eigenvalue weighted by Crippen LogP contribution is 2.42. The van der Waals surface area contributed by atoms with Crippen LogP contribution >= 0.6 is 0 Å². The number of nitrogens with zero attached hydrogens (tertiary/aromatic N) is 1. The average molecular weight is 233 g/mol. The van der Waals surface area contributed by atoms with Gasteiger partial charge in [0.25, 0.3) is 5.69 Å². The number of hydrogen-bond acceptors (Lipinski definition) is 3. The third kappa shape index (κ3) is 1.95. The number of aryl methyl sites for hydroxylation is 1. The molecule has 1 saturated carbocycles. The zero-order valence-corrected chi connectivity index (χ0v) is 9.97. The van der Waals surface area contributed by atoms with Crippen LogP contribution in [0.3, 0.4) is 0 Å². The second-order valence-corrected chi connectivity index (χ2v) is 4.59. The molecular weight excluding hydrogens is 218 g/mol. The highest BCUT2D eigenvalue weighted by Gasteiger charge is 2.39. The zero-order valence-electron chi connectivity index (χ0n) is 9.97. The average Bonchev–Trinajstić information content (AvgIpc) is 2.27. The predicted octanol–water partition coefficient (Wildman–Crippen LogP) is 2.99. The van der Waals surface area contributed by atoms with Gasteiger partial charge in [0.1, 0.15) is 5.78 Å². The largest absolute Gasteiger partial charge is 0.299 e. The van der Waals surface area contributed by atoms with Gasteiger partial charge in [-0.3, -0.25) is 14.9 Å². The molecule has 1 aliphatic rings. The first-order valence-corrected chi connectivity index (χ1v) is 5.82. The fraction of sp³-hybridized carbons (Fsp3) is 0.462. The van der Waals surface area contributed by atoms with Gasteiger partial charge in [-0.15, -0.1) is 0 Å². The standard InChI is InChI=1S/C13H15NO3/c1-3-10-11(7-13(10)15)9-5-4-8(2)12(6-9)14(16)17/h4-6,10-11H,3,7H2,1-2H3. The molecule has 1 aromatic rings. The molecule has 2 unspecified atom stereocenters. The highest BCUT2D eigenvalue weighted by molar-refractivity contribution is 5.89. The van der Waals surface area contributed by atoms with Crippen LogP contribution < -0.4 is 0 Å². The summed E-state index contributed by atoms with van der Waals surface area (Å²) in [5.74, 6) is 0.504. The van der Waals surface area contributed by atoms with Gasteiger partial charge < -0.3 is 0 Å². The summed E-state index contributed by atoms with van der Waals surface area (Å²) in [6.45, 7) is 3.71. The molecule has 0 amide bonds. The molecule has 0 saturated heterocycles. The zero-order chi connectivity index (χ0) is 12.6. The number of rotatable bonds is 3. The van der Waals surface area contributed by atoms with Crippen LogP contribution in [0.15, 0.2) is 18.2 Å². The van der Waals surface area contributed by atoms with Crippen LogP contribution in [0.4, 0.5) is 5.69 Å². The summed E-state index contributed by atoms with van der Waals surface area (Å²) in [5.41, 5.74) is 1.74. The lowest BCUT2D eigenvalue weighted by Gasteiger charge is -2.34. The van der Waals surface area contributed by atoms with Crippen LogP contribution in [0.1, 0.15) is 36.8 Å². The van der Waals surface area contributed by atoms with E-state index < -0.39 is 0 Å². The van der Waals surface area contributed by atoms with Crippen molar-refractivity contribution in [2.45, 2.75) is 32.6 Å². The molecule has 4 heteroatoms. The van der Waals surface area contributed by atoms with Crippen LogP contribution in [0.5, 0.6) is 0 Å². The highest BCUT2D eigenvalue weighted by atomic mass is 16.6. The fourth-order valence-corrected chi connectivity index (χ4v) is 2.49. The summed E-state index contributed by atoms with van der Waals surface area (Å²) in [7, 11) is 0. The van der Waals surface area contributed by atoms with Gasteiger partial charge in [-0.25, -0.2) is 0 Å². The molecule has 2 rings (SSSR count). The molecule has 0 spiro atoms. The van der Waals surface area contributed by atoms with E-state index in [1.165, 1.54) is 0 Å². The molecule has 1 aliphatic carbocycles. The Morgan fingerprint density at radius 1 is 1.47 bits per heavy atom. The Bertz CT molecular complexity index is 482. The Hall–Kier alpha value is -1.71. The first kappa shape index (κ1) is 11.8. The summed E-state index contributed by atoms with van der Waals surface area (Å²) >= 11 is 0. The monoisotopic (exact) mass is 233 g/mol. The van der Waals surface area contributed by atoms with Crippen LogP contribution in [0.25, 0.3) is 0 Å². The van der Waals surface area contributed by atoms with E-state index in [1.807, 2.05) is 13.0 Å². The second-order valence-electron chi connectivity index (χ2n) is 4.59. The van der Waals surface area contributed by atoms with Crippen LogP contribution in [-0.2, 0) is 4.79 Å². The van der Waals surface area contributed by atoms with Crippen LogP contribution in [0, 0.1) is 23.0 Å². The maximum atomic E-state index is 11.4. The maximum absolute atomic E-state index is 11.4. The summed E-state index contributed by atoms with van der Waals surface area (Å²) in [5, 5.41) is 10.9. The fourth-order valence-electron chi connectivity index (χ4n) is 2.49. The lowest BCUT2D eigenvalue weighted by Crippen LogP contribution is -2.34. The maximum Gasteiger partial charge on any atom is 0.272 e. The number of carbonyl (C=O) groups excluding carboxylic acids is 1. The molecule has 90 valence electrons. The van der Waals surface area contributed by atoms with Gasteiger partial charge in [-0.2, -0.15) is 0 Å².